The molecule has 4 heteroatoms. The molecular formula is C15H23N3O. The van der Waals surface area contributed by atoms with E-state index < -0.39 is 0 Å². The zero-order valence-electron chi connectivity index (χ0n) is 12.0. The maximum atomic E-state index is 12.7. The lowest BCUT2D eigenvalue weighted by atomic mass is 10.1. The van der Waals surface area contributed by atoms with E-state index in [-0.39, 0.29) is 11.9 Å². The van der Waals surface area contributed by atoms with Gasteiger partial charge in [0.1, 0.15) is 0 Å². The fraction of sp³-hybridized carbons (Fsp3) is 0.600. The summed E-state index contributed by atoms with van der Waals surface area (Å²) in [6, 6.07) is 4.33. The fourth-order valence-electron chi connectivity index (χ4n) is 2.54. The van der Waals surface area contributed by atoms with Gasteiger partial charge in [-0.15, -0.1) is 0 Å². The lowest BCUT2D eigenvalue weighted by Gasteiger charge is -2.30. The van der Waals surface area contributed by atoms with E-state index in [1.54, 1.807) is 6.20 Å². The second-order valence-electron chi connectivity index (χ2n) is 5.48. The average Bonchev–Trinajstić information content (AvgIpc) is 2.88. The summed E-state index contributed by atoms with van der Waals surface area (Å²) in [6.45, 7) is 7.87. The van der Waals surface area contributed by atoms with Crippen molar-refractivity contribution in [1.82, 2.24) is 15.2 Å². The first-order valence-corrected chi connectivity index (χ1v) is 7.05. The van der Waals surface area contributed by atoms with Crippen molar-refractivity contribution < 1.29 is 4.79 Å². The van der Waals surface area contributed by atoms with Crippen molar-refractivity contribution in [1.29, 1.82) is 0 Å². The number of hydrogen-bond donors (Lipinski definition) is 1. The van der Waals surface area contributed by atoms with E-state index in [9.17, 15) is 4.79 Å². The Kier molecular flexibility index (Phi) is 4.53. The minimum atomic E-state index is 0.0919. The van der Waals surface area contributed by atoms with E-state index in [2.05, 4.69) is 24.1 Å². The molecule has 4 nitrogen and oxygen atoms in total. The lowest BCUT2D eigenvalue weighted by molar-refractivity contribution is 0.0688. The summed E-state index contributed by atoms with van der Waals surface area (Å²) < 4.78 is 0. The van der Waals surface area contributed by atoms with E-state index in [0.717, 1.165) is 25.2 Å². The van der Waals surface area contributed by atoms with Crippen LogP contribution in [0.2, 0.25) is 0 Å². The molecule has 1 aromatic rings. The number of rotatable bonds is 4. The first kappa shape index (κ1) is 14.0. The second kappa shape index (κ2) is 6.15. The molecule has 2 rings (SSSR count). The van der Waals surface area contributed by atoms with Crippen molar-refractivity contribution in [2.45, 2.75) is 45.7 Å². The number of aryl methyl sites for hydroxylation is 1. The van der Waals surface area contributed by atoms with Crippen LogP contribution in [0, 0.1) is 6.92 Å². The Morgan fingerprint density at radius 1 is 1.58 bits per heavy atom. The molecule has 0 aliphatic carbocycles. The van der Waals surface area contributed by atoms with Gasteiger partial charge in [0.15, 0.2) is 0 Å². The number of pyridine rings is 1. The molecule has 1 aliphatic rings. The van der Waals surface area contributed by atoms with Gasteiger partial charge in [0.05, 0.1) is 5.56 Å². The SMILES string of the molecule is Cc1ncccc1C(=O)N(CC1CCCN1)C(C)C. The summed E-state index contributed by atoms with van der Waals surface area (Å²) in [6.07, 6.45) is 4.09. The van der Waals surface area contributed by atoms with Crippen LogP contribution in [0.4, 0.5) is 0 Å². The Morgan fingerprint density at radius 3 is 2.95 bits per heavy atom. The molecule has 19 heavy (non-hydrogen) atoms. The minimum Gasteiger partial charge on any atom is -0.335 e. The summed E-state index contributed by atoms with van der Waals surface area (Å²) >= 11 is 0. The molecule has 1 aliphatic heterocycles. The molecule has 1 unspecified atom stereocenters. The Hall–Kier alpha value is -1.42. The molecular weight excluding hydrogens is 238 g/mol. The van der Waals surface area contributed by atoms with Gasteiger partial charge in [0, 0.05) is 30.5 Å². The number of hydrogen-bond acceptors (Lipinski definition) is 3. The molecule has 1 saturated heterocycles. The van der Waals surface area contributed by atoms with Gasteiger partial charge in [-0.25, -0.2) is 0 Å². The van der Waals surface area contributed by atoms with Crippen LogP contribution in [0.5, 0.6) is 0 Å². The largest absolute Gasteiger partial charge is 0.335 e. The molecule has 0 bridgehead atoms. The predicted molar refractivity (Wildman–Crippen MR) is 76.2 cm³/mol. The van der Waals surface area contributed by atoms with Crippen molar-refractivity contribution in [3.8, 4) is 0 Å². The smallest absolute Gasteiger partial charge is 0.255 e. The van der Waals surface area contributed by atoms with Crippen LogP contribution in [0.3, 0.4) is 0 Å². The molecule has 1 atom stereocenters. The highest BCUT2D eigenvalue weighted by molar-refractivity contribution is 5.95. The third kappa shape index (κ3) is 3.32. The van der Waals surface area contributed by atoms with Crippen molar-refractivity contribution >= 4 is 5.91 Å². The lowest BCUT2D eigenvalue weighted by Crippen LogP contribution is -2.45. The highest BCUT2D eigenvalue weighted by Gasteiger charge is 2.25. The van der Waals surface area contributed by atoms with E-state index in [1.165, 1.54) is 6.42 Å². The zero-order valence-corrected chi connectivity index (χ0v) is 12.0. The average molecular weight is 261 g/mol. The van der Waals surface area contributed by atoms with Gasteiger partial charge < -0.3 is 10.2 Å². The predicted octanol–water partition coefficient (Wildman–Crippen LogP) is 1.99. The first-order valence-electron chi connectivity index (χ1n) is 7.05. The van der Waals surface area contributed by atoms with Crippen molar-refractivity contribution in [2.75, 3.05) is 13.1 Å². The number of carbonyl (C=O) groups is 1. The number of nitrogens with zero attached hydrogens (tertiary/aromatic N) is 2. The highest BCUT2D eigenvalue weighted by Crippen LogP contribution is 2.14. The summed E-state index contributed by atoms with van der Waals surface area (Å²) in [5, 5.41) is 3.45. The summed E-state index contributed by atoms with van der Waals surface area (Å²) in [5.41, 5.74) is 1.52. The van der Waals surface area contributed by atoms with Gasteiger partial charge in [-0.1, -0.05) is 0 Å². The minimum absolute atomic E-state index is 0.0919. The number of amides is 1. The molecule has 0 saturated carbocycles. The number of nitrogens with one attached hydrogen (secondary N) is 1. The third-order valence-electron chi connectivity index (χ3n) is 3.70. The van der Waals surface area contributed by atoms with E-state index in [4.69, 9.17) is 0 Å². The Bertz CT molecular complexity index is 439. The van der Waals surface area contributed by atoms with Crippen LogP contribution in [-0.2, 0) is 0 Å². The maximum absolute atomic E-state index is 12.7. The number of aromatic nitrogens is 1. The van der Waals surface area contributed by atoms with Crippen LogP contribution in [-0.4, -0.2) is 41.0 Å². The molecule has 1 aromatic heterocycles. The molecule has 104 valence electrons. The van der Waals surface area contributed by atoms with Crippen LogP contribution in [0.15, 0.2) is 18.3 Å². The third-order valence-corrected chi connectivity index (χ3v) is 3.70. The van der Waals surface area contributed by atoms with Gasteiger partial charge in [-0.3, -0.25) is 9.78 Å². The monoisotopic (exact) mass is 261 g/mol. The Morgan fingerprint density at radius 2 is 2.37 bits per heavy atom. The summed E-state index contributed by atoms with van der Waals surface area (Å²) in [5.74, 6) is 0.0919. The number of carbonyl (C=O) groups excluding carboxylic acids is 1. The van der Waals surface area contributed by atoms with Crippen LogP contribution >= 0.6 is 0 Å². The van der Waals surface area contributed by atoms with Gasteiger partial charge in [0.2, 0.25) is 0 Å². The molecule has 0 aromatic carbocycles. The fourth-order valence-corrected chi connectivity index (χ4v) is 2.54. The summed E-state index contributed by atoms with van der Waals surface area (Å²) in [4.78, 5) is 18.8. The van der Waals surface area contributed by atoms with Gasteiger partial charge >= 0.3 is 0 Å². The standard InChI is InChI=1S/C15H23N3O/c1-11(2)18(10-13-6-4-9-17-13)15(19)14-7-5-8-16-12(14)3/h5,7-8,11,13,17H,4,6,9-10H2,1-3H3. The Balaban J connectivity index is 2.14. The molecule has 0 radical (unpaired) electrons. The maximum Gasteiger partial charge on any atom is 0.255 e. The van der Waals surface area contributed by atoms with Gasteiger partial charge in [-0.2, -0.15) is 0 Å². The van der Waals surface area contributed by atoms with Crippen LogP contribution in [0.1, 0.15) is 42.7 Å². The molecule has 1 fully saturated rings. The molecule has 1 amide bonds. The topological polar surface area (TPSA) is 45.2 Å². The molecule has 1 N–H and O–H groups in total. The van der Waals surface area contributed by atoms with E-state index >= 15 is 0 Å². The van der Waals surface area contributed by atoms with Crippen molar-refractivity contribution in [2.24, 2.45) is 0 Å². The van der Waals surface area contributed by atoms with Gasteiger partial charge in [0.25, 0.3) is 5.91 Å². The summed E-state index contributed by atoms with van der Waals surface area (Å²) in [7, 11) is 0. The molecule has 2 heterocycles. The van der Waals surface area contributed by atoms with E-state index in [0.29, 0.717) is 11.6 Å². The normalized spacial score (nSPS) is 18.8. The molecule has 0 spiro atoms. The second-order valence-corrected chi connectivity index (χ2v) is 5.48. The zero-order chi connectivity index (χ0) is 13.8. The van der Waals surface area contributed by atoms with Crippen molar-refractivity contribution in [3.05, 3.63) is 29.6 Å². The van der Waals surface area contributed by atoms with Crippen LogP contribution in [0.25, 0.3) is 0 Å². The van der Waals surface area contributed by atoms with Crippen LogP contribution < -0.4 is 5.32 Å². The van der Waals surface area contributed by atoms with Crippen molar-refractivity contribution in [3.63, 3.8) is 0 Å². The quantitative estimate of drug-likeness (QED) is 0.901. The first-order chi connectivity index (χ1) is 9.09. The van der Waals surface area contributed by atoms with E-state index in [1.807, 2.05) is 24.0 Å². The Labute approximate surface area is 115 Å². The highest BCUT2D eigenvalue weighted by atomic mass is 16.2. The van der Waals surface area contributed by atoms with Gasteiger partial charge in [-0.05, 0) is 52.3 Å².